The molecule has 0 unspecified atom stereocenters. The number of aliphatic hydroxyl groups excluding tert-OH is 1. The summed E-state index contributed by atoms with van der Waals surface area (Å²) in [6.45, 7) is 0.00856. The maximum Gasteiger partial charge on any atom is 0.0703 e. The van der Waals surface area contributed by atoms with E-state index in [1.807, 2.05) is 30.5 Å². The first-order chi connectivity index (χ1) is 6.81. The predicted molar refractivity (Wildman–Crippen MR) is 57.2 cm³/mol. The van der Waals surface area contributed by atoms with E-state index in [0.29, 0.717) is 0 Å². The average molecular weight is 253 g/mol. The number of aliphatic hydroxyl groups is 1. The Labute approximate surface area is 90.1 Å². The first-order valence-electron chi connectivity index (χ1n) is 4.20. The van der Waals surface area contributed by atoms with E-state index in [4.69, 9.17) is 0 Å². The maximum atomic E-state index is 9.18. The molecule has 1 aromatic carbocycles. The normalized spacial score (nSPS) is 10.4. The van der Waals surface area contributed by atoms with E-state index < -0.39 is 0 Å². The van der Waals surface area contributed by atoms with Crippen LogP contribution in [-0.2, 0) is 6.61 Å². The average Bonchev–Trinajstić information content (AvgIpc) is 2.70. The molecule has 4 heteroatoms. The molecule has 0 aliphatic carbocycles. The van der Waals surface area contributed by atoms with Crippen molar-refractivity contribution < 1.29 is 5.11 Å². The van der Waals surface area contributed by atoms with E-state index in [1.165, 1.54) is 0 Å². The fourth-order valence-electron chi connectivity index (χ4n) is 1.32. The quantitative estimate of drug-likeness (QED) is 0.890. The summed E-state index contributed by atoms with van der Waals surface area (Å²) in [6.07, 6.45) is 3.56. The van der Waals surface area contributed by atoms with E-state index in [9.17, 15) is 5.11 Å². The van der Waals surface area contributed by atoms with Gasteiger partial charge in [-0.3, -0.25) is 0 Å². The van der Waals surface area contributed by atoms with Crippen LogP contribution >= 0.6 is 15.9 Å². The van der Waals surface area contributed by atoms with Gasteiger partial charge in [-0.15, -0.1) is 0 Å². The molecule has 0 bridgehead atoms. The van der Waals surface area contributed by atoms with Crippen molar-refractivity contribution in [1.82, 2.24) is 9.78 Å². The third-order valence-electron chi connectivity index (χ3n) is 1.96. The highest BCUT2D eigenvalue weighted by Gasteiger charge is 2.03. The zero-order chi connectivity index (χ0) is 9.97. The van der Waals surface area contributed by atoms with Gasteiger partial charge in [-0.2, -0.15) is 5.10 Å². The van der Waals surface area contributed by atoms with Gasteiger partial charge < -0.3 is 5.11 Å². The molecule has 1 heterocycles. The molecule has 1 N–H and O–H groups in total. The second kappa shape index (κ2) is 3.94. The van der Waals surface area contributed by atoms with Crippen molar-refractivity contribution >= 4 is 15.9 Å². The minimum Gasteiger partial charge on any atom is -0.392 e. The standard InChI is InChI=1S/C10H9BrN2O/c11-9-2-3-10(8(6-9)7-14)13-5-1-4-12-13/h1-6,14H,7H2. The summed E-state index contributed by atoms with van der Waals surface area (Å²) < 4.78 is 2.69. The Morgan fingerprint density at radius 2 is 2.29 bits per heavy atom. The molecule has 14 heavy (non-hydrogen) atoms. The van der Waals surface area contributed by atoms with Crippen molar-refractivity contribution in [1.29, 1.82) is 0 Å². The minimum atomic E-state index is 0.00856. The third kappa shape index (κ3) is 1.71. The summed E-state index contributed by atoms with van der Waals surface area (Å²) in [6, 6.07) is 7.58. The lowest BCUT2D eigenvalue weighted by Gasteiger charge is -2.07. The van der Waals surface area contributed by atoms with Gasteiger partial charge in [0.25, 0.3) is 0 Å². The molecule has 0 amide bonds. The van der Waals surface area contributed by atoms with Crippen molar-refractivity contribution in [3.05, 3.63) is 46.7 Å². The predicted octanol–water partition coefficient (Wildman–Crippen LogP) is 2.13. The zero-order valence-electron chi connectivity index (χ0n) is 7.39. The van der Waals surface area contributed by atoms with Crippen LogP contribution in [0.2, 0.25) is 0 Å². The van der Waals surface area contributed by atoms with E-state index in [0.717, 1.165) is 15.7 Å². The summed E-state index contributed by atoms with van der Waals surface area (Å²) in [5.74, 6) is 0. The zero-order valence-corrected chi connectivity index (χ0v) is 8.98. The lowest BCUT2D eigenvalue weighted by molar-refractivity contribution is 0.281. The van der Waals surface area contributed by atoms with Gasteiger partial charge in [0.1, 0.15) is 0 Å². The van der Waals surface area contributed by atoms with Gasteiger partial charge in [0.15, 0.2) is 0 Å². The summed E-state index contributed by atoms with van der Waals surface area (Å²) in [4.78, 5) is 0. The van der Waals surface area contributed by atoms with Crippen LogP contribution in [0.25, 0.3) is 5.69 Å². The van der Waals surface area contributed by atoms with Crippen molar-refractivity contribution in [2.24, 2.45) is 0 Å². The minimum absolute atomic E-state index is 0.00856. The maximum absolute atomic E-state index is 9.18. The number of benzene rings is 1. The van der Waals surface area contributed by atoms with Crippen LogP contribution < -0.4 is 0 Å². The second-order valence-electron chi connectivity index (χ2n) is 2.88. The molecule has 0 aliphatic rings. The van der Waals surface area contributed by atoms with Crippen LogP contribution in [-0.4, -0.2) is 14.9 Å². The summed E-state index contributed by atoms with van der Waals surface area (Å²) in [7, 11) is 0. The molecule has 1 aromatic heterocycles. The highest BCUT2D eigenvalue weighted by Crippen LogP contribution is 2.19. The third-order valence-corrected chi connectivity index (χ3v) is 2.46. The van der Waals surface area contributed by atoms with Crippen LogP contribution in [0.4, 0.5) is 0 Å². The first-order valence-corrected chi connectivity index (χ1v) is 5.00. The highest BCUT2D eigenvalue weighted by molar-refractivity contribution is 9.10. The largest absolute Gasteiger partial charge is 0.392 e. The molecule has 0 aliphatic heterocycles. The highest BCUT2D eigenvalue weighted by atomic mass is 79.9. The van der Waals surface area contributed by atoms with Gasteiger partial charge in [-0.1, -0.05) is 15.9 Å². The van der Waals surface area contributed by atoms with E-state index in [-0.39, 0.29) is 6.61 Å². The van der Waals surface area contributed by atoms with Crippen LogP contribution in [0, 0.1) is 0 Å². The molecule has 72 valence electrons. The van der Waals surface area contributed by atoms with E-state index >= 15 is 0 Å². The van der Waals surface area contributed by atoms with Crippen LogP contribution in [0.5, 0.6) is 0 Å². The van der Waals surface area contributed by atoms with Gasteiger partial charge >= 0.3 is 0 Å². The molecular formula is C10H9BrN2O. The Bertz CT molecular complexity index is 426. The monoisotopic (exact) mass is 252 g/mol. The SMILES string of the molecule is OCc1cc(Br)ccc1-n1cccn1. The van der Waals surface area contributed by atoms with E-state index in [2.05, 4.69) is 21.0 Å². The Morgan fingerprint density at radius 1 is 1.43 bits per heavy atom. The molecule has 0 fully saturated rings. The lowest BCUT2D eigenvalue weighted by atomic mass is 10.2. The van der Waals surface area contributed by atoms with Gasteiger partial charge in [-0.05, 0) is 24.3 Å². The topological polar surface area (TPSA) is 38.0 Å². The van der Waals surface area contributed by atoms with Crippen LogP contribution in [0.1, 0.15) is 5.56 Å². The van der Waals surface area contributed by atoms with Crippen LogP contribution in [0.15, 0.2) is 41.1 Å². The van der Waals surface area contributed by atoms with Crippen molar-refractivity contribution in [2.75, 3.05) is 0 Å². The Balaban J connectivity index is 2.53. The number of hydrogen-bond donors (Lipinski definition) is 1. The summed E-state index contributed by atoms with van der Waals surface area (Å²) >= 11 is 3.36. The van der Waals surface area contributed by atoms with E-state index in [1.54, 1.807) is 10.9 Å². The van der Waals surface area contributed by atoms with Crippen molar-refractivity contribution in [3.8, 4) is 5.69 Å². The van der Waals surface area contributed by atoms with Crippen molar-refractivity contribution in [2.45, 2.75) is 6.61 Å². The molecule has 2 aromatic rings. The van der Waals surface area contributed by atoms with Crippen molar-refractivity contribution in [3.63, 3.8) is 0 Å². The smallest absolute Gasteiger partial charge is 0.0703 e. The summed E-state index contributed by atoms with van der Waals surface area (Å²) in [5, 5.41) is 13.3. The van der Waals surface area contributed by atoms with Gasteiger partial charge in [0.2, 0.25) is 0 Å². The molecule has 0 atom stereocenters. The Kier molecular flexibility index (Phi) is 2.65. The first kappa shape index (κ1) is 9.43. The summed E-state index contributed by atoms with van der Waals surface area (Å²) in [5.41, 5.74) is 1.75. The van der Waals surface area contributed by atoms with Gasteiger partial charge in [0, 0.05) is 22.4 Å². The Morgan fingerprint density at radius 3 is 2.93 bits per heavy atom. The number of halogens is 1. The Hall–Kier alpha value is -1.13. The van der Waals surface area contributed by atoms with Gasteiger partial charge in [0.05, 0.1) is 12.3 Å². The second-order valence-corrected chi connectivity index (χ2v) is 3.80. The number of aromatic nitrogens is 2. The lowest BCUT2D eigenvalue weighted by Crippen LogP contribution is -1.99. The molecule has 0 spiro atoms. The fraction of sp³-hybridized carbons (Fsp3) is 0.100. The molecule has 0 radical (unpaired) electrons. The molecule has 2 rings (SSSR count). The molecular weight excluding hydrogens is 244 g/mol. The van der Waals surface area contributed by atoms with Crippen LogP contribution in [0.3, 0.4) is 0 Å². The fourth-order valence-corrected chi connectivity index (χ4v) is 1.72. The molecule has 0 saturated carbocycles. The molecule has 3 nitrogen and oxygen atoms in total. The number of rotatable bonds is 2. The number of hydrogen-bond acceptors (Lipinski definition) is 2. The van der Waals surface area contributed by atoms with Gasteiger partial charge in [-0.25, -0.2) is 4.68 Å². The number of nitrogens with zero attached hydrogens (tertiary/aromatic N) is 2. The molecule has 0 saturated heterocycles.